The molecule has 31 heavy (non-hydrogen) atoms. The van der Waals surface area contributed by atoms with Crippen molar-refractivity contribution in [1.29, 1.82) is 0 Å². The van der Waals surface area contributed by atoms with E-state index in [1.807, 2.05) is 36.4 Å². The van der Waals surface area contributed by atoms with Crippen LogP contribution in [0.2, 0.25) is 0 Å². The third kappa shape index (κ3) is 6.47. The summed E-state index contributed by atoms with van der Waals surface area (Å²) in [5.41, 5.74) is 0.847. The molecule has 0 radical (unpaired) electrons. The van der Waals surface area contributed by atoms with E-state index in [2.05, 4.69) is 16.9 Å². The van der Waals surface area contributed by atoms with E-state index in [1.165, 1.54) is 19.3 Å². The van der Waals surface area contributed by atoms with Crippen LogP contribution in [0.4, 0.5) is 0 Å². The Labute approximate surface area is 180 Å². The summed E-state index contributed by atoms with van der Waals surface area (Å²) in [4.78, 5) is 30.2. The molecule has 1 aromatic heterocycles. The van der Waals surface area contributed by atoms with E-state index < -0.39 is 0 Å². The van der Waals surface area contributed by atoms with Crippen LogP contribution < -0.4 is 31.3 Å². The van der Waals surface area contributed by atoms with Crippen LogP contribution in [-0.4, -0.2) is 23.7 Å². The molecule has 6 heteroatoms. The third-order valence-corrected chi connectivity index (χ3v) is 4.87. The average Bonchev–Trinajstić information content (AvgIpc) is 2.78. The van der Waals surface area contributed by atoms with Crippen molar-refractivity contribution in [1.82, 2.24) is 9.97 Å². The number of methoxy groups -OCH3 is 1. The minimum atomic E-state index is -0.367. The van der Waals surface area contributed by atoms with Gasteiger partial charge in [-0.05, 0) is 54.0 Å². The lowest BCUT2D eigenvalue weighted by Crippen LogP contribution is -2.46. The highest BCUT2D eigenvalue weighted by molar-refractivity contribution is 5.51. The minimum absolute atomic E-state index is 0.194. The standard InChI is InChI=1S/C25H28N2O4/c1-3-4-5-6-15-31-21-13-9-19(10-14-21)17-23-25(29)26-22(24(28)27-23)16-18-7-11-20(30-2)12-8-18/h7-14,16-17H,3-6,15H2,1-2H3,(H,26,29)(H,27,28)/b22-16-,23-17-. The second-order valence-corrected chi connectivity index (χ2v) is 7.28. The molecule has 0 fully saturated rings. The number of hydrogen-bond acceptors (Lipinski definition) is 4. The Balaban J connectivity index is 1.77. The predicted molar refractivity (Wildman–Crippen MR) is 123 cm³/mol. The van der Waals surface area contributed by atoms with Gasteiger partial charge < -0.3 is 19.4 Å². The van der Waals surface area contributed by atoms with Gasteiger partial charge in [0, 0.05) is 0 Å². The van der Waals surface area contributed by atoms with Crippen LogP contribution in [0.25, 0.3) is 12.2 Å². The molecule has 0 amide bonds. The Morgan fingerprint density at radius 3 is 1.74 bits per heavy atom. The van der Waals surface area contributed by atoms with Crippen molar-refractivity contribution in [2.24, 2.45) is 0 Å². The van der Waals surface area contributed by atoms with Gasteiger partial charge in [0.1, 0.15) is 22.2 Å². The van der Waals surface area contributed by atoms with Gasteiger partial charge in [0.2, 0.25) is 0 Å². The molecule has 0 aliphatic rings. The largest absolute Gasteiger partial charge is 0.497 e. The van der Waals surface area contributed by atoms with Gasteiger partial charge in [0.05, 0.1) is 13.7 Å². The SMILES string of the molecule is CCCCCCOc1ccc(/C=c2\[nH]c(=O)/c(=C/c3ccc(OC)cc3)[nH]c2=O)cc1. The van der Waals surface area contributed by atoms with Crippen molar-refractivity contribution in [3.63, 3.8) is 0 Å². The smallest absolute Gasteiger partial charge is 0.272 e. The third-order valence-electron chi connectivity index (χ3n) is 4.87. The summed E-state index contributed by atoms with van der Waals surface area (Å²) in [6.07, 6.45) is 7.90. The van der Waals surface area contributed by atoms with Crippen LogP contribution in [0.1, 0.15) is 43.7 Å². The number of rotatable bonds is 9. The van der Waals surface area contributed by atoms with E-state index in [-0.39, 0.29) is 21.8 Å². The first-order chi connectivity index (χ1) is 15.1. The number of hydrogen-bond donors (Lipinski definition) is 2. The zero-order valence-corrected chi connectivity index (χ0v) is 17.9. The Morgan fingerprint density at radius 1 is 0.742 bits per heavy atom. The fraction of sp³-hybridized carbons (Fsp3) is 0.280. The topological polar surface area (TPSA) is 84.2 Å². The van der Waals surface area contributed by atoms with E-state index >= 15 is 0 Å². The van der Waals surface area contributed by atoms with Crippen LogP contribution in [0.3, 0.4) is 0 Å². The van der Waals surface area contributed by atoms with Gasteiger partial charge in [0.15, 0.2) is 0 Å². The summed E-state index contributed by atoms with van der Waals surface area (Å²) in [5, 5.41) is 0.393. The lowest BCUT2D eigenvalue weighted by Gasteiger charge is -2.06. The Morgan fingerprint density at radius 2 is 1.26 bits per heavy atom. The van der Waals surface area contributed by atoms with Gasteiger partial charge in [-0.2, -0.15) is 0 Å². The van der Waals surface area contributed by atoms with Crippen molar-refractivity contribution >= 4 is 12.2 Å². The maximum atomic E-state index is 12.5. The fourth-order valence-electron chi connectivity index (χ4n) is 3.11. The number of ether oxygens (including phenoxy) is 2. The molecule has 0 bridgehead atoms. The van der Waals surface area contributed by atoms with E-state index in [1.54, 1.807) is 31.4 Å². The molecule has 0 saturated heterocycles. The molecular formula is C25H28N2O4. The zero-order chi connectivity index (χ0) is 22.1. The maximum absolute atomic E-state index is 12.5. The van der Waals surface area contributed by atoms with Gasteiger partial charge in [-0.15, -0.1) is 0 Å². The predicted octanol–water partition coefficient (Wildman–Crippen LogP) is 2.69. The fourth-order valence-corrected chi connectivity index (χ4v) is 3.11. The summed E-state index contributed by atoms with van der Waals surface area (Å²) in [5.74, 6) is 1.51. The van der Waals surface area contributed by atoms with Crippen molar-refractivity contribution in [2.45, 2.75) is 32.6 Å². The number of aromatic amines is 2. The van der Waals surface area contributed by atoms with Crippen molar-refractivity contribution < 1.29 is 9.47 Å². The highest BCUT2D eigenvalue weighted by atomic mass is 16.5. The first kappa shape index (κ1) is 22.2. The van der Waals surface area contributed by atoms with E-state index in [4.69, 9.17) is 9.47 Å². The lowest BCUT2D eigenvalue weighted by atomic mass is 10.2. The molecule has 2 N–H and O–H groups in total. The van der Waals surface area contributed by atoms with E-state index in [9.17, 15) is 9.59 Å². The Kier molecular flexibility index (Phi) is 7.87. The van der Waals surface area contributed by atoms with Gasteiger partial charge in [0.25, 0.3) is 11.1 Å². The molecule has 0 spiro atoms. The summed E-state index contributed by atoms with van der Waals surface area (Å²) in [6, 6.07) is 14.6. The molecule has 0 unspecified atom stereocenters. The van der Waals surface area contributed by atoms with Crippen LogP contribution >= 0.6 is 0 Å². The highest BCUT2D eigenvalue weighted by Crippen LogP contribution is 2.13. The molecule has 0 aliphatic carbocycles. The molecule has 2 aromatic carbocycles. The Hall–Kier alpha value is -3.54. The minimum Gasteiger partial charge on any atom is -0.497 e. The number of nitrogens with one attached hydrogen (secondary N) is 2. The summed E-state index contributed by atoms with van der Waals surface area (Å²) in [7, 11) is 1.59. The summed E-state index contributed by atoms with van der Waals surface area (Å²) >= 11 is 0. The monoisotopic (exact) mass is 420 g/mol. The zero-order valence-electron chi connectivity index (χ0n) is 17.9. The quantitative estimate of drug-likeness (QED) is 0.522. The van der Waals surface area contributed by atoms with Gasteiger partial charge in [-0.3, -0.25) is 9.59 Å². The van der Waals surface area contributed by atoms with Crippen molar-refractivity contribution in [2.75, 3.05) is 13.7 Å². The molecule has 0 saturated carbocycles. The van der Waals surface area contributed by atoms with Gasteiger partial charge >= 0.3 is 0 Å². The first-order valence-electron chi connectivity index (χ1n) is 10.5. The van der Waals surface area contributed by atoms with E-state index in [0.29, 0.717) is 6.61 Å². The van der Waals surface area contributed by atoms with Crippen LogP contribution in [0.15, 0.2) is 58.1 Å². The number of unbranched alkanes of at least 4 members (excludes halogenated alkanes) is 3. The summed E-state index contributed by atoms with van der Waals surface area (Å²) in [6.45, 7) is 2.88. The van der Waals surface area contributed by atoms with Gasteiger partial charge in [-0.1, -0.05) is 50.5 Å². The van der Waals surface area contributed by atoms with Gasteiger partial charge in [-0.25, -0.2) is 0 Å². The average molecular weight is 421 g/mol. The molecule has 6 nitrogen and oxygen atoms in total. The molecular weight excluding hydrogens is 392 g/mol. The highest BCUT2D eigenvalue weighted by Gasteiger charge is 1.99. The van der Waals surface area contributed by atoms with E-state index in [0.717, 1.165) is 29.0 Å². The Bertz CT molecular complexity index is 1210. The van der Waals surface area contributed by atoms with Crippen molar-refractivity contribution in [3.8, 4) is 11.5 Å². The van der Waals surface area contributed by atoms with Crippen LogP contribution in [0.5, 0.6) is 11.5 Å². The summed E-state index contributed by atoms with van der Waals surface area (Å²) < 4.78 is 10.9. The number of benzene rings is 2. The molecule has 3 rings (SSSR count). The molecule has 0 atom stereocenters. The second kappa shape index (κ2) is 11.0. The van der Waals surface area contributed by atoms with Crippen LogP contribution in [0, 0.1) is 0 Å². The second-order valence-electron chi connectivity index (χ2n) is 7.28. The normalized spacial score (nSPS) is 12.2. The first-order valence-corrected chi connectivity index (χ1v) is 10.5. The molecule has 162 valence electrons. The number of H-pyrrole nitrogens is 2. The van der Waals surface area contributed by atoms with Crippen molar-refractivity contribution in [3.05, 3.63) is 91.1 Å². The van der Waals surface area contributed by atoms with Crippen LogP contribution in [-0.2, 0) is 0 Å². The lowest BCUT2D eigenvalue weighted by molar-refractivity contribution is 0.305. The molecule has 3 aromatic rings. The maximum Gasteiger partial charge on any atom is 0.272 e. The molecule has 0 aliphatic heterocycles. The number of aromatic nitrogens is 2. The molecule has 1 heterocycles.